The first-order valence-electron chi connectivity index (χ1n) is 13.9. The van der Waals surface area contributed by atoms with Gasteiger partial charge in [-0.2, -0.15) is 0 Å². The summed E-state index contributed by atoms with van der Waals surface area (Å²) in [7, 11) is 1.22. The Kier molecular flexibility index (Phi) is 9.04. The quantitative estimate of drug-likeness (QED) is 0.0607. The van der Waals surface area contributed by atoms with Crippen LogP contribution in [0.1, 0.15) is 16.8 Å². The van der Waals surface area contributed by atoms with Crippen LogP contribution in [0.3, 0.4) is 0 Å². The number of rotatable bonds is 10. The smallest absolute Gasteiger partial charge is 0.276 e. The molecule has 0 saturated carbocycles. The van der Waals surface area contributed by atoms with Crippen LogP contribution in [0.25, 0.3) is 10.9 Å². The summed E-state index contributed by atoms with van der Waals surface area (Å²) in [6.07, 6.45) is 5.30. The van der Waals surface area contributed by atoms with Gasteiger partial charge in [0.05, 0.1) is 29.1 Å². The van der Waals surface area contributed by atoms with Crippen LogP contribution < -0.4 is 26.5 Å². The Morgan fingerprint density at radius 3 is 2.75 bits per heavy atom. The number of carbonyl (C=O) groups excluding carboxylic acids is 3. The number of nitrogen functional groups attached to an aromatic ring is 2. The molecule has 0 bridgehead atoms. The molecule has 48 heavy (non-hydrogen) atoms. The topological polar surface area (TPSA) is 209 Å². The number of oxime groups is 1. The lowest BCUT2D eigenvalue weighted by Crippen LogP contribution is -2.71. The molecule has 0 radical (unpaired) electrons. The van der Waals surface area contributed by atoms with E-state index in [0.717, 1.165) is 27.1 Å². The van der Waals surface area contributed by atoms with Crippen molar-refractivity contribution in [2.75, 3.05) is 18.6 Å². The van der Waals surface area contributed by atoms with Crippen molar-refractivity contribution in [1.29, 1.82) is 5.41 Å². The average Bonchev–Trinajstić information content (AvgIpc) is 3.60. The number of amidine groups is 1. The van der Waals surface area contributed by atoms with Crippen molar-refractivity contribution in [2.45, 2.75) is 24.5 Å². The fraction of sp³-hybridized carbons (Fsp3) is 0.207. The SMILES string of the molecule is CON=C(C(=O)N[C@@H]1C(=O)N2C(C(=O)[O-])=C(C[n+]3ccc4c(ccn4Cc4c(F)cc(C(=N)N)cc4Cl)c3)CS[C@H]12)c1nc(N)sc1Cl. The predicted octanol–water partition coefficient (Wildman–Crippen LogP) is 1.20. The average molecular weight is 733 g/mol. The number of nitrogens with one attached hydrogen (secondary N) is 2. The molecule has 2 amide bonds. The van der Waals surface area contributed by atoms with E-state index in [1.165, 1.54) is 31.0 Å². The van der Waals surface area contributed by atoms with Crippen molar-refractivity contribution in [1.82, 2.24) is 19.8 Å². The second kappa shape index (κ2) is 13.1. The summed E-state index contributed by atoms with van der Waals surface area (Å²) in [5, 5.41) is 26.5. The molecule has 4 aromatic rings. The number of carboxylic acids is 1. The van der Waals surface area contributed by atoms with Crippen LogP contribution in [0, 0.1) is 11.2 Å². The van der Waals surface area contributed by atoms with Crippen LogP contribution >= 0.6 is 46.3 Å². The van der Waals surface area contributed by atoms with E-state index in [-0.39, 0.29) is 67.4 Å². The number of pyridine rings is 1. The number of nitrogens with zero attached hydrogens (tertiary/aromatic N) is 5. The van der Waals surface area contributed by atoms with Gasteiger partial charge in [0.2, 0.25) is 0 Å². The molecule has 2 atom stereocenters. The van der Waals surface area contributed by atoms with Crippen molar-refractivity contribution < 1.29 is 33.3 Å². The molecule has 0 aliphatic carbocycles. The maximum atomic E-state index is 14.8. The number of carboxylic acid groups (broad SMARTS) is 1. The molecule has 14 nitrogen and oxygen atoms in total. The molecule has 1 saturated heterocycles. The Morgan fingerprint density at radius 2 is 2.10 bits per heavy atom. The number of aliphatic carboxylic acids is 1. The van der Waals surface area contributed by atoms with E-state index >= 15 is 0 Å². The highest BCUT2D eigenvalue weighted by atomic mass is 35.5. The number of carbonyl (C=O) groups is 3. The summed E-state index contributed by atoms with van der Waals surface area (Å²) < 4.78 is 18.5. The van der Waals surface area contributed by atoms with Gasteiger partial charge in [-0.05, 0) is 18.2 Å². The van der Waals surface area contributed by atoms with Gasteiger partial charge >= 0.3 is 0 Å². The summed E-state index contributed by atoms with van der Waals surface area (Å²) in [5.41, 5.74) is 12.2. The first kappa shape index (κ1) is 33.2. The molecule has 0 unspecified atom stereocenters. The van der Waals surface area contributed by atoms with Crippen LogP contribution in [-0.4, -0.2) is 68.1 Å². The van der Waals surface area contributed by atoms with Gasteiger partial charge in [0.15, 0.2) is 29.8 Å². The molecular formula is C29H24Cl2FN9O5S2. The van der Waals surface area contributed by atoms with Gasteiger partial charge in [-0.1, -0.05) is 39.7 Å². The molecule has 1 fully saturated rings. The van der Waals surface area contributed by atoms with E-state index in [4.69, 9.17) is 44.9 Å². The maximum absolute atomic E-state index is 14.8. The minimum Gasteiger partial charge on any atom is -0.543 e. The number of aromatic nitrogens is 3. The van der Waals surface area contributed by atoms with Crippen LogP contribution in [0.5, 0.6) is 0 Å². The number of thiazole rings is 1. The predicted molar refractivity (Wildman–Crippen MR) is 176 cm³/mol. The molecule has 6 rings (SSSR count). The second-order valence-corrected chi connectivity index (χ2v) is 13.8. The second-order valence-electron chi connectivity index (χ2n) is 10.6. The third-order valence-electron chi connectivity index (χ3n) is 7.67. The Balaban J connectivity index is 1.19. The third-order valence-corrected chi connectivity index (χ3v) is 10.4. The molecule has 0 spiro atoms. The van der Waals surface area contributed by atoms with Crippen molar-refractivity contribution in [3.63, 3.8) is 0 Å². The monoisotopic (exact) mass is 731 g/mol. The number of thioether (sulfide) groups is 1. The van der Waals surface area contributed by atoms with Gasteiger partial charge in [-0.25, -0.2) is 13.9 Å². The Hall–Kier alpha value is -4.71. The maximum Gasteiger partial charge on any atom is 0.276 e. The molecule has 5 heterocycles. The zero-order valence-corrected chi connectivity index (χ0v) is 27.8. The largest absolute Gasteiger partial charge is 0.543 e. The number of halogens is 3. The molecule has 19 heteroatoms. The summed E-state index contributed by atoms with van der Waals surface area (Å²) in [6, 6.07) is 5.17. The number of anilines is 1. The van der Waals surface area contributed by atoms with Crippen molar-refractivity contribution in [3.05, 3.63) is 86.1 Å². The molecule has 2 aliphatic heterocycles. The summed E-state index contributed by atoms with van der Waals surface area (Å²) >= 11 is 14.7. The van der Waals surface area contributed by atoms with E-state index in [0.29, 0.717) is 5.57 Å². The fourth-order valence-electron chi connectivity index (χ4n) is 5.48. The first-order chi connectivity index (χ1) is 22.9. The lowest BCUT2D eigenvalue weighted by atomic mass is 10.0. The van der Waals surface area contributed by atoms with Gasteiger partial charge < -0.3 is 36.1 Å². The minimum absolute atomic E-state index is 0.0142. The zero-order chi connectivity index (χ0) is 34.4. The lowest BCUT2D eigenvalue weighted by Gasteiger charge is -2.50. The van der Waals surface area contributed by atoms with E-state index in [1.807, 2.05) is 6.07 Å². The number of β-lactam (4-membered cyclic amide) rings is 1. The van der Waals surface area contributed by atoms with Gasteiger partial charge in [0.1, 0.15) is 40.2 Å². The van der Waals surface area contributed by atoms with E-state index < -0.39 is 35.0 Å². The van der Waals surface area contributed by atoms with Gasteiger partial charge in [-0.3, -0.25) is 19.9 Å². The van der Waals surface area contributed by atoms with Gasteiger partial charge in [0, 0.05) is 39.7 Å². The minimum atomic E-state index is -1.53. The number of fused-ring (bicyclic) bond motifs is 2. The highest BCUT2D eigenvalue weighted by molar-refractivity contribution is 8.00. The Morgan fingerprint density at radius 1 is 1.33 bits per heavy atom. The molecule has 1 aromatic carbocycles. The number of nitrogens with two attached hydrogens (primary N) is 2. The Labute approximate surface area is 289 Å². The molecule has 6 N–H and O–H groups in total. The lowest BCUT2D eigenvalue weighted by molar-refractivity contribution is -0.687. The molecule has 248 valence electrons. The van der Waals surface area contributed by atoms with Gasteiger partial charge in [-0.15, -0.1) is 11.8 Å². The number of amides is 2. The standard InChI is InChI=1S/C29H24Cl2FN9O5S2/c1-46-38-20(19-23(31)48-29(35)37-19)25(42)36-21-26(43)41-22(28(44)45)14(11-47-27(21)41)9-39-4-3-18-12(8-39)2-5-40(18)10-15-16(30)6-13(24(33)34)7-17(15)32/h2-8,21,27H,9-11H2,1H3,(H6-,33,34,35,36,37,42,44,45)/t21-,27-/m1/s1. The van der Waals surface area contributed by atoms with Crippen molar-refractivity contribution in [2.24, 2.45) is 10.9 Å². The van der Waals surface area contributed by atoms with Gasteiger partial charge in [0.25, 0.3) is 11.8 Å². The van der Waals surface area contributed by atoms with Crippen LogP contribution in [0.15, 0.2) is 59.3 Å². The molecule has 3 aromatic heterocycles. The third kappa shape index (κ3) is 6.05. The summed E-state index contributed by atoms with van der Waals surface area (Å²) in [4.78, 5) is 48.6. The Bertz CT molecular complexity index is 2080. The fourth-order valence-corrected chi connectivity index (χ4v) is 8.01. The summed E-state index contributed by atoms with van der Waals surface area (Å²) in [6.45, 7) is 0.249. The first-order valence-corrected chi connectivity index (χ1v) is 16.5. The van der Waals surface area contributed by atoms with E-state index in [9.17, 15) is 23.9 Å². The van der Waals surface area contributed by atoms with Crippen LogP contribution in [0.2, 0.25) is 9.36 Å². The van der Waals surface area contributed by atoms with Crippen LogP contribution in [-0.2, 0) is 32.3 Å². The highest BCUT2D eigenvalue weighted by Gasteiger charge is 2.53. The van der Waals surface area contributed by atoms with Crippen molar-refractivity contribution in [3.8, 4) is 0 Å². The number of hydrogen-bond donors (Lipinski definition) is 4. The number of hydrogen-bond acceptors (Lipinski definition) is 11. The molecular weight excluding hydrogens is 708 g/mol. The number of benzene rings is 1. The molecule has 2 aliphatic rings. The summed E-state index contributed by atoms with van der Waals surface area (Å²) in [5.74, 6) is -3.62. The van der Waals surface area contributed by atoms with Crippen molar-refractivity contribution >= 4 is 91.7 Å². The van der Waals surface area contributed by atoms with E-state index in [2.05, 4.69) is 15.5 Å². The normalized spacial score (nSPS) is 17.7. The van der Waals surface area contributed by atoms with E-state index in [1.54, 1.807) is 33.8 Å². The van der Waals surface area contributed by atoms with Crippen LogP contribution in [0.4, 0.5) is 9.52 Å². The highest BCUT2D eigenvalue weighted by Crippen LogP contribution is 2.40. The zero-order valence-electron chi connectivity index (χ0n) is 24.7.